The fourth-order valence-electron chi connectivity index (χ4n) is 0.976. The van der Waals surface area contributed by atoms with E-state index < -0.39 is 0 Å². The molecule has 0 saturated carbocycles. The van der Waals surface area contributed by atoms with Crippen LogP contribution in [-0.4, -0.2) is 5.78 Å². The molecule has 1 aromatic rings. The van der Waals surface area contributed by atoms with Gasteiger partial charge in [0, 0.05) is 5.92 Å². The zero-order valence-corrected chi connectivity index (χ0v) is 10.9. The van der Waals surface area contributed by atoms with E-state index in [1.54, 1.807) is 6.92 Å². The van der Waals surface area contributed by atoms with Gasteiger partial charge >= 0.3 is 0 Å². The van der Waals surface area contributed by atoms with Gasteiger partial charge in [-0.3, -0.25) is 4.79 Å². The maximum Gasteiger partial charge on any atom is 0.136 e. The van der Waals surface area contributed by atoms with Crippen molar-refractivity contribution >= 4 is 5.78 Å². The molecule has 0 spiro atoms. The molecule has 0 radical (unpaired) electrons. The van der Waals surface area contributed by atoms with E-state index in [1.165, 1.54) is 0 Å². The van der Waals surface area contributed by atoms with Crippen LogP contribution in [0.2, 0.25) is 0 Å². The lowest BCUT2D eigenvalue weighted by molar-refractivity contribution is -0.118. The predicted molar refractivity (Wildman–Crippen MR) is 68.2 cm³/mol. The highest BCUT2D eigenvalue weighted by Crippen LogP contribution is 2.14. The molecule has 0 amide bonds. The first-order chi connectivity index (χ1) is 7.22. The van der Waals surface area contributed by atoms with Crippen molar-refractivity contribution in [2.45, 2.75) is 47.5 Å². The lowest BCUT2D eigenvalue weighted by Gasteiger charge is -2.05. The summed E-state index contributed by atoms with van der Waals surface area (Å²) in [6.07, 6.45) is 0. The molecule has 0 fully saturated rings. The van der Waals surface area contributed by atoms with Gasteiger partial charge < -0.3 is 0 Å². The van der Waals surface area contributed by atoms with Crippen LogP contribution in [0.15, 0.2) is 30.3 Å². The quantitative estimate of drug-likeness (QED) is 0.702. The second-order valence-corrected chi connectivity index (χ2v) is 2.74. The maximum absolute atomic E-state index is 10.9. The van der Waals surface area contributed by atoms with Crippen LogP contribution in [0.1, 0.15) is 53.0 Å². The van der Waals surface area contributed by atoms with Gasteiger partial charge in [-0.2, -0.15) is 0 Å². The Morgan fingerprint density at radius 2 is 1.40 bits per heavy atom. The van der Waals surface area contributed by atoms with Gasteiger partial charge in [-0.1, -0.05) is 65.0 Å². The highest BCUT2D eigenvalue weighted by Gasteiger charge is 2.08. The van der Waals surface area contributed by atoms with Crippen LogP contribution in [0.5, 0.6) is 0 Å². The van der Waals surface area contributed by atoms with Gasteiger partial charge in [0.05, 0.1) is 0 Å². The molecule has 1 unspecified atom stereocenters. The fourth-order valence-corrected chi connectivity index (χ4v) is 0.976. The predicted octanol–water partition coefficient (Wildman–Crippen LogP) is 4.43. The molecule has 1 aromatic carbocycles. The van der Waals surface area contributed by atoms with Gasteiger partial charge in [-0.05, 0) is 12.5 Å². The number of carbonyl (C=O) groups excluding carboxylic acids is 1. The van der Waals surface area contributed by atoms with Crippen LogP contribution in [0.3, 0.4) is 0 Å². The topological polar surface area (TPSA) is 17.1 Å². The number of Topliss-reactive ketones (excluding diaryl/α,β-unsaturated/α-hetero) is 1. The summed E-state index contributed by atoms with van der Waals surface area (Å²) in [6.45, 7) is 11.6. The fraction of sp³-hybridized carbons (Fsp3) is 0.500. The largest absolute Gasteiger partial charge is 0.299 e. The Labute approximate surface area is 94.5 Å². The van der Waals surface area contributed by atoms with Crippen molar-refractivity contribution in [1.82, 2.24) is 0 Å². The molecule has 86 valence electrons. The van der Waals surface area contributed by atoms with E-state index in [4.69, 9.17) is 0 Å². The SMILES string of the molecule is CC.CC.CC(=O)C(C)c1ccccc1. The van der Waals surface area contributed by atoms with Gasteiger partial charge in [0.25, 0.3) is 0 Å². The van der Waals surface area contributed by atoms with Crippen LogP contribution < -0.4 is 0 Å². The Bertz CT molecular complexity index is 239. The minimum absolute atomic E-state index is 0.0381. The van der Waals surface area contributed by atoms with Crippen molar-refractivity contribution < 1.29 is 4.79 Å². The highest BCUT2D eigenvalue weighted by atomic mass is 16.1. The zero-order chi connectivity index (χ0) is 12.3. The Morgan fingerprint density at radius 1 is 1.00 bits per heavy atom. The summed E-state index contributed by atoms with van der Waals surface area (Å²) in [6, 6.07) is 9.82. The Morgan fingerprint density at radius 3 is 1.73 bits per heavy atom. The average molecular weight is 208 g/mol. The van der Waals surface area contributed by atoms with Gasteiger partial charge in [0.1, 0.15) is 5.78 Å². The lowest BCUT2D eigenvalue weighted by Crippen LogP contribution is -2.03. The monoisotopic (exact) mass is 208 g/mol. The molecule has 1 nitrogen and oxygen atoms in total. The summed E-state index contributed by atoms with van der Waals surface area (Å²) in [7, 11) is 0. The van der Waals surface area contributed by atoms with E-state index in [-0.39, 0.29) is 11.7 Å². The van der Waals surface area contributed by atoms with Crippen LogP contribution in [0.25, 0.3) is 0 Å². The summed E-state index contributed by atoms with van der Waals surface area (Å²) in [4.78, 5) is 10.9. The first kappa shape index (κ1) is 16.3. The van der Waals surface area contributed by atoms with E-state index in [0.717, 1.165) is 5.56 Å². The maximum atomic E-state index is 10.9. The van der Waals surface area contributed by atoms with Crippen molar-refractivity contribution in [1.29, 1.82) is 0 Å². The number of carbonyl (C=O) groups is 1. The van der Waals surface area contributed by atoms with Crippen LogP contribution in [0.4, 0.5) is 0 Å². The lowest BCUT2D eigenvalue weighted by atomic mass is 9.98. The van der Waals surface area contributed by atoms with E-state index in [9.17, 15) is 4.79 Å². The smallest absolute Gasteiger partial charge is 0.136 e. The van der Waals surface area contributed by atoms with Crippen molar-refractivity contribution in [3.63, 3.8) is 0 Å². The van der Waals surface area contributed by atoms with Crippen LogP contribution in [0, 0.1) is 0 Å². The summed E-state index contributed by atoms with van der Waals surface area (Å²) >= 11 is 0. The minimum Gasteiger partial charge on any atom is -0.299 e. The normalized spacial score (nSPS) is 10.0. The number of ketones is 1. The summed E-state index contributed by atoms with van der Waals surface area (Å²) < 4.78 is 0. The summed E-state index contributed by atoms with van der Waals surface area (Å²) in [5, 5.41) is 0. The molecular formula is C14H24O. The first-order valence-electron chi connectivity index (χ1n) is 5.77. The molecule has 0 aliphatic heterocycles. The molecule has 1 rings (SSSR count). The van der Waals surface area contributed by atoms with Gasteiger partial charge in [-0.25, -0.2) is 0 Å². The Kier molecular flexibility index (Phi) is 11.9. The van der Waals surface area contributed by atoms with E-state index in [2.05, 4.69) is 0 Å². The second kappa shape index (κ2) is 11.0. The molecule has 0 heterocycles. The third-order valence-corrected chi connectivity index (χ3v) is 1.91. The number of benzene rings is 1. The highest BCUT2D eigenvalue weighted by molar-refractivity contribution is 5.82. The summed E-state index contributed by atoms with van der Waals surface area (Å²) in [5.41, 5.74) is 1.10. The Balaban J connectivity index is 0. The zero-order valence-electron chi connectivity index (χ0n) is 10.9. The van der Waals surface area contributed by atoms with Crippen LogP contribution in [-0.2, 0) is 4.79 Å². The molecule has 0 bridgehead atoms. The second-order valence-electron chi connectivity index (χ2n) is 2.74. The number of hydrogen-bond acceptors (Lipinski definition) is 1. The molecule has 0 aliphatic rings. The number of rotatable bonds is 2. The third-order valence-electron chi connectivity index (χ3n) is 1.91. The van der Waals surface area contributed by atoms with E-state index in [1.807, 2.05) is 65.0 Å². The molecule has 0 saturated heterocycles. The van der Waals surface area contributed by atoms with Crippen molar-refractivity contribution in [3.05, 3.63) is 35.9 Å². The van der Waals surface area contributed by atoms with Gasteiger partial charge in [0.2, 0.25) is 0 Å². The first-order valence-corrected chi connectivity index (χ1v) is 5.77. The van der Waals surface area contributed by atoms with E-state index >= 15 is 0 Å². The Hall–Kier alpha value is -1.11. The van der Waals surface area contributed by atoms with Crippen molar-refractivity contribution in [2.24, 2.45) is 0 Å². The van der Waals surface area contributed by atoms with Gasteiger partial charge in [0.15, 0.2) is 0 Å². The minimum atomic E-state index is 0.0381. The standard InChI is InChI=1S/C10H12O.2C2H6/c1-8(9(2)11)10-6-4-3-5-7-10;2*1-2/h3-8H,1-2H3;2*1-2H3. The molecular weight excluding hydrogens is 184 g/mol. The third kappa shape index (κ3) is 6.89. The average Bonchev–Trinajstić information content (AvgIpc) is 2.34. The van der Waals surface area contributed by atoms with Crippen LogP contribution >= 0.6 is 0 Å². The molecule has 0 N–H and O–H groups in total. The summed E-state index contributed by atoms with van der Waals surface area (Å²) in [5.74, 6) is 0.257. The van der Waals surface area contributed by atoms with Gasteiger partial charge in [-0.15, -0.1) is 0 Å². The molecule has 1 heteroatoms. The molecule has 0 aromatic heterocycles. The molecule has 1 atom stereocenters. The number of hydrogen-bond donors (Lipinski definition) is 0. The van der Waals surface area contributed by atoms with Crippen molar-refractivity contribution in [3.8, 4) is 0 Å². The van der Waals surface area contributed by atoms with Crippen molar-refractivity contribution in [2.75, 3.05) is 0 Å². The molecule has 0 aliphatic carbocycles. The van der Waals surface area contributed by atoms with E-state index in [0.29, 0.717) is 0 Å². The molecule has 15 heavy (non-hydrogen) atoms.